The number of rotatable bonds is 3. The molecule has 4 atom stereocenters. The number of aromatic amines is 1. The van der Waals surface area contributed by atoms with E-state index < -0.39 is 29.9 Å². The van der Waals surface area contributed by atoms with Crippen LogP contribution in [0.25, 0.3) is 6.08 Å². The van der Waals surface area contributed by atoms with Crippen molar-refractivity contribution in [1.82, 2.24) is 10.3 Å². The van der Waals surface area contributed by atoms with E-state index >= 15 is 0 Å². The Bertz CT molecular complexity index is 542. The van der Waals surface area contributed by atoms with Gasteiger partial charge in [-0.25, -0.2) is 0 Å². The Kier molecular flexibility index (Phi) is 3.72. The van der Waals surface area contributed by atoms with Crippen LogP contribution >= 0.6 is 0 Å². The first kappa shape index (κ1) is 13.8. The lowest BCUT2D eigenvalue weighted by Crippen LogP contribution is -2.36. The van der Waals surface area contributed by atoms with Crippen molar-refractivity contribution in [1.29, 1.82) is 0 Å². The number of pyridine rings is 1. The minimum Gasteiger partial charge on any atom is -0.395 e. The average Bonchev–Trinajstić information content (AvgIpc) is 2.67. The summed E-state index contributed by atoms with van der Waals surface area (Å²) in [5, 5.41) is 31.6. The summed E-state index contributed by atoms with van der Waals surface area (Å²) in [6.07, 6.45) is -0.838. The van der Waals surface area contributed by atoms with Crippen molar-refractivity contribution in [3.05, 3.63) is 34.1 Å². The maximum Gasteiger partial charge on any atom is 0.254 e. The van der Waals surface area contributed by atoms with Crippen LogP contribution in [0.3, 0.4) is 0 Å². The van der Waals surface area contributed by atoms with E-state index in [2.05, 4.69) is 16.9 Å². The Morgan fingerprint density at radius 1 is 1.42 bits per heavy atom. The van der Waals surface area contributed by atoms with E-state index in [1.54, 1.807) is 0 Å². The van der Waals surface area contributed by atoms with Gasteiger partial charge in [-0.3, -0.25) is 4.79 Å². The van der Waals surface area contributed by atoms with E-state index in [4.69, 9.17) is 10.8 Å². The standard InChI is InChI=1S/C12H17N3O4/c1-2-5-3-6(12(19)15-11(5)13)8-10(18)9(17)7(4-16)14-8/h2-3,7-10,14,16-18H,1,4H2,(H3,13,15,19). The molecule has 1 aromatic rings. The van der Waals surface area contributed by atoms with Crippen LogP contribution in [0.1, 0.15) is 17.2 Å². The van der Waals surface area contributed by atoms with E-state index in [1.807, 2.05) is 0 Å². The zero-order valence-electron chi connectivity index (χ0n) is 10.2. The molecule has 7 N–H and O–H groups in total. The smallest absolute Gasteiger partial charge is 0.254 e. The fourth-order valence-corrected chi connectivity index (χ4v) is 2.27. The van der Waals surface area contributed by atoms with Crippen molar-refractivity contribution >= 4 is 11.9 Å². The summed E-state index contributed by atoms with van der Waals surface area (Å²) < 4.78 is 0. The number of hydrogen-bond acceptors (Lipinski definition) is 6. The molecular weight excluding hydrogens is 250 g/mol. The third-order valence-corrected chi connectivity index (χ3v) is 3.38. The molecule has 1 aromatic heterocycles. The number of anilines is 1. The lowest BCUT2D eigenvalue weighted by Gasteiger charge is -2.16. The molecule has 4 unspecified atom stereocenters. The van der Waals surface area contributed by atoms with Crippen molar-refractivity contribution in [2.24, 2.45) is 0 Å². The van der Waals surface area contributed by atoms with Crippen molar-refractivity contribution in [2.75, 3.05) is 12.3 Å². The van der Waals surface area contributed by atoms with Crippen LogP contribution < -0.4 is 16.6 Å². The van der Waals surface area contributed by atoms with Gasteiger partial charge in [-0.05, 0) is 6.07 Å². The molecular formula is C12H17N3O4. The molecule has 1 aliphatic heterocycles. The van der Waals surface area contributed by atoms with Crippen LogP contribution in [-0.4, -0.2) is 45.2 Å². The summed E-state index contributed by atoms with van der Waals surface area (Å²) in [7, 11) is 0. The van der Waals surface area contributed by atoms with E-state index in [-0.39, 0.29) is 18.0 Å². The van der Waals surface area contributed by atoms with Gasteiger partial charge in [0.2, 0.25) is 0 Å². The normalized spacial score (nSPS) is 30.5. The molecule has 104 valence electrons. The molecule has 0 radical (unpaired) electrons. The first-order valence-corrected chi connectivity index (χ1v) is 5.87. The molecule has 0 saturated carbocycles. The maximum absolute atomic E-state index is 11.9. The highest BCUT2D eigenvalue weighted by molar-refractivity contribution is 5.60. The summed E-state index contributed by atoms with van der Waals surface area (Å²) >= 11 is 0. The second-order valence-electron chi connectivity index (χ2n) is 4.54. The number of aliphatic hydroxyl groups excluding tert-OH is 3. The Morgan fingerprint density at radius 2 is 2.11 bits per heavy atom. The molecule has 7 heteroatoms. The van der Waals surface area contributed by atoms with E-state index in [0.717, 1.165) is 0 Å². The third-order valence-electron chi connectivity index (χ3n) is 3.38. The highest BCUT2D eigenvalue weighted by Gasteiger charge is 2.42. The highest BCUT2D eigenvalue weighted by atomic mass is 16.3. The van der Waals surface area contributed by atoms with E-state index in [1.165, 1.54) is 12.1 Å². The van der Waals surface area contributed by atoms with Gasteiger partial charge in [0.25, 0.3) is 5.56 Å². The van der Waals surface area contributed by atoms with Gasteiger partial charge in [0, 0.05) is 11.1 Å². The van der Waals surface area contributed by atoms with Gasteiger partial charge in [-0.2, -0.15) is 0 Å². The second kappa shape index (κ2) is 5.14. The molecule has 0 aromatic carbocycles. The van der Waals surface area contributed by atoms with Crippen LogP contribution in [0.15, 0.2) is 17.4 Å². The molecule has 2 rings (SSSR count). The maximum atomic E-state index is 11.9. The summed E-state index contributed by atoms with van der Waals surface area (Å²) in [5.74, 6) is 0.190. The Balaban J connectivity index is 2.43. The number of aliphatic hydroxyl groups is 3. The molecule has 19 heavy (non-hydrogen) atoms. The predicted molar refractivity (Wildman–Crippen MR) is 70.3 cm³/mol. The highest BCUT2D eigenvalue weighted by Crippen LogP contribution is 2.26. The Labute approximate surface area is 109 Å². The van der Waals surface area contributed by atoms with Crippen molar-refractivity contribution in [2.45, 2.75) is 24.3 Å². The predicted octanol–water partition coefficient (Wildman–Crippen LogP) is -1.67. The average molecular weight is 267 g/mol. The fraction of sp³-hybridized carbons (Fsp3) is 0.417. The number of H-pyrrole nitrogens is 1. The third kappa shape index (κ3) is 2.28. The van der Waals surface area contributed by atoms with Gasteiger partial charge in [0.15, 0.2) is 0 Å². The minimum absolute atomic E-state index is 0.190. The van der Waals surface area contributed by atoms with E-state index in [9.17, 15) is 15.0 Å². The van der Waals surface area contributed by atoms with Crippen LogP contribution in [0.4, 0.5) is 5.82 Å². The van der Waals surface area contributed by atoms with Crippen molar-refractivity contribution < 1.29 is 15.3 Å². The molecule has 1 saturated heterocycles. The number of nitrogen functional groups attached to an aromatic ring is 1. The van der Waals surface area contributed by atoms with Gasteiger partial charge in [0.05, 0.1) is 24.8 Å². The number of hydrogen-bond donors (Lipinski definition) is 6. The van der Waals surface area contributed by atoms with Crippen LogP contribution in [0, 0.1) is 0 Å². The molecule has 0 aliphatic carbocycles. The SMILES string of the molecule is C=Cc1cc(C2NC(CO)C(O)C2O)c(=O)[nH]c1N. The first-order chi connectivity index (χ1) is 8.99. The summed E-state index contributed by atoms with van der Waals surface area (Å²) in [4.78, 5) is 14.3. The molecule has 0 bridgehead atoms. The molecule has 7 nitrogen and oxygen atoms in total. The minimum atomic E-state index is -1.18. The molecule has 2 heterocycles. The first-order valence-electron chi connectivity index (χ1n) is 5.87. The monoisotopic (exact) mass is 267 g/mol. The summed E-state index contributed by atoms with van der Waals surface area (Å²) in [5.41, 5.74) is 5.94. The lowest BCUT2D eigenvalue weighted by atomic mass is 10.0. The fourth-order valence-electron chi connectivity index (χ4n) is 2.27. The van der Waals surface area contributed by atoms with Gasteiger partial charge in [-0.1, -0.05) is 12.7 Å². The van der Waals surface area contributed by atoms with Crippen LogP contribution in [0.2, 0.25) is 0 Å². The molecule has 1 fully saturated rings. The zero-order valence-corrected chi connectivity index (χ0v) is 10.2. The summed E-state index contributed by atoms with van der Waals surface area (Å²) in [6.45, 7) is 3.24. The quantitative estimate of drug-likeness (QED) is 0.388. The Hall–Kier alpha value is -1.67. The van der Waals surface area contributed by atoms with Gasteiger partial charge in [0.1, 0.15) is 11.9 Å². The molecule has 0 amide bonds. The van der Waals surface area contributed by atoms with Gasteiger partial charge in [-0.15, -0.1) is 0 Å². The van der Waals surface area contributed by atoms with Gasteiger partial charge >= 0.3 is 0 Å². The number of aromatic nitrogens is 1. The van der Waals surface area contributed by atoms with Crippen LogP contribution in [0.5, 0.6) is 0 Å². The number of nitrogens with two attached hydrogens (primary N) is 1. The molecule has 1 aliphatic rings. The topological polar surface area (TPSA) is 132 Å². The zero-order chi connectivity index (χ0) is 14.2. The second-order valence-corrected chi connectivity index (χ2v) is 4.54. The van der Waals surface area contributed by atoms with Crippen molar-refractivity contribution in [3.8, 4) is 0 Å². The van der Waals surface area contributed by atoms with E-state index in [0.29, 0.717) is 5.56 Å². The number of nitrogens with one attached hydrogen (secondary N) is 2. The van der Waals surface area contributed by atoms with Crippen molar-refractivity contribution in [3.63, 3.8) is 0 Å². The lowest BCUT2D eigenvalue weighted by molar-refractivity contribution is 0.0193. The van der Waals surface area contributed by atoms with Gasteiger partial charge < -0.3 is 31.4 Å². The Morgan fingerprint density at radius 3 is 2.63 bits per heavy atom. The largest absolute Gasteiger partial charge is 0.395 e. The molecule has 0 spiro atoms. The summed E-state index contributed by atoms with van der Waals surface area (Å²) in [6, 6.07) is 0.0634. The van der Waals surface area contributed by atoms with Crippen LogP contribution in [-0.2, 0) is 0 Å².